The first-order valence-corrected chi connectivity index (χ1v) is 4.64. The lowest BCUT2D eigenvalue weighted by atomic mass is 9.97. The first-order chi connectivity index (χ1) is 5.38. The number of carbonyl (C=O) groups excluding carboxylic acids is 1. The second kappa shape index (κ2) is 2.94. The lowest BCUT2D eigenvalue weighted by Crippen LogP contribution is -2.33. The van der Waals surface area contributed by atoms with Crippen molar-refractivity contribution in [2.45, 2.75) is 38.1 Å². The molecular weight excluding hydrogens is 138 g/mol. The maximum absolute atomic E-state index is 11.5. The highest BCUT2D eigenvalue weighted by Crippen LogP contribution is 2.29. The maximum Gasteiger partial charge on any atom is 0.137 e. The van der Waals surface area contributed by atoms with Gasteiger partial charge in [0.05, 0.1) is 0 Å². The molecule has 2 heteroatoms. The summed E-state index contributed by atoms with van der Waals surface area (Å²) in [5.74, 6) is 0.884. The van der Waals surface area contributed by atoms with Crippen LogP contribution in [0.4, 0.5) is 0 Å². The van der Waals surface area contributed by atoms with Gasteiger partial charge in [0, 0.05) is 18.4 Å². The normalized spacial score (nSPS) is 38.4. The van der Waals surface area contributed by atoms with Gasteiger partial charge in [-0.15, -0.1) is 0 Å². The SMILES string of the molecule is O=C1CCCNC2CCCC12. The molecule has 0 spiro atoms. The summed E-state index contributed by atoms with van der Waals surface area (Å²) in [5.41, 5.74) is 0. The summed E-state index contributed by atoms with van der Waals surface area (Å²) < 4.78 is 0. The summed E-state index contributed by atoms with van der Waals surface area (Å²) in [4.78, 5) is 11.5. The zero-order chi connectivity index (χ0) is 7.68. The molecule has 0 amide bonds. The van der Waals surface area contributed by atoms with Gasteiger partial charge in [0.25, 0.3) is 0 Å². The molecule has 2 fully saturated rings. The van der Waals surface area contributed by atoms with Crippen LogP contribution in [0.1, 0.15) is 32.1 Å². The summed E-state index contributed by atoms with van der Waals surface area (Å²) in [5, 5.41) is 3.45. The fourth-order valence-corrected chi connectivity index (χ4v) is 2.33. The molecule has 1 saturated heterocycles. The predicted molar refractivity (Wildman–Crippen MR) is 43.4 cm³/mol. The Bertz CT molecular complexity index is 167. The standard InChI is InChI=1S/C9H15NO/c11-9-5-2-6-10-8-4-1-3-7(8)9/h7-8,10H,1-6H2. The van der Waals surface area contributed by atoms with Crippen LogP contribution in [0.3, 0.4) is 0 Å². The average molecular weight is 153 g/mol. The highest BCUT2D eigenvalue weighted by atomic mass is 16.1. The van der Waals surface area contributed by atoms with Gasteiger partial charge in [-0.05, 0) is 25.8 Å². The molecule has 62 valence electrons. The van der Waals surface area contributed by atoms with E-state index in [0.29, 0.717) is 17.7 Å². The lowest BCUT2D eigenvalue weighted by molar-refractivity contribution is -0.122. The molecule has 2 atom stereocenters. The van der Waals surface area contributed by atoms with Crippen LogP contribution >= 0.6 is 0 Å². The Morgan fingerprint density at radius 3 is 3.09 bits per heavy atom. The molecule has 2 rings (SSSR count). The highest BCUT2D eigenvalue weighted by Gasteiger charge is 2.33. The zero-order valence-electron chi connectivity index (χ0n) is 6.81. The maximum atomic E-state index is 11.5. The van der Waals surface area contributed by atoms with Crippen molar-refractivity contribution in [3.63, 3.8) is 0 Å². The van der Waals surface area contributed by atoms with Gasteiger partial charge >= 0.3 is 0 Å². The number of ketones is 1. The molecule has 1 heterocycles. The predicted octanol–water partition coefficient (Wildman–Crippen LogP) is 1.11. The van der Waals surface area contributed by atoms with E-state index in [-0.39, 0.29) is 0 Å². The molecule has 2 nitrogen and oxygen atoms in total. The molecule has 1 saturated carbocycles. The Morgan fingerprint density at radius 1 is 1.27 bits per heavy atom. The van der Waals surface area contributed by atoms with Crippen molar-refractivity contribution >= 4 is 5.78 Å². The number of rotatable bonds is 0. The van der Waals surface area contributed by atoms with E-state index in [1.165, 1.54) is 12.8 Å². The molecular formula is C9H15NO. The Kier molecular flexibility index (Phi) is 1.95. The largest absolute Gasteiger partial charge is 0.313 e. The molecule has 1 N–H and O–H groups in total. The van der Waals surface area contributed by atoms with Crippen molar-refractivity contribution in [3.05, 3.63) is 0 Å². The Hall–Kier alpha value is -0.370. The smallest absolute Gasteiger partial charge is 0.137 e. The number of fused-ring (bicyclic) bond motifs is 1. The minimum Gasteiger partial charge on any atom is -0.313 e. The van der Waals surface area contributed by atoms with Crippen molar-refractivity contribution in [1.29, 1.82) is 0 Å². The monoisotopic (exact) mass is 153 g/mol. The fourth-order valence-electron chi connectivity index (χ4n) is 2.33. The molecule has 0 aromatic rings. The molecule has 0 aromatic heterocycles. The van der Waals surface area contributed by atoms with Crippen molar-refractivity contribution in [2.75, 3.05) is 6.54 Å². The molecule has 2 aliphatic rings. The molecule has 1 aliphatic carbocycles. The molecule has 0 bridgehead atoms. The van der Waals surface area contributed by atoms with Crippen LogP contribution in [-0.2, 0) is 4.79 Å². The van der Waals surface area contributed by atoms with Crippen molar-refractivity contribution in [1.82, 2.24) is 5.32 Å². The molecule has 0 aromatic carbocycles. The van der Waals surface area contributed by atoms with Crippen LogP contribution in [-0.4, -0.2) is 18.4 Å². The Balaban J connectivity index is 2.09. The van der Waals surface area contributed by atoms with Gasteiger partial charge in [-0.3, -0.25) is 4.79 Å². The average Bonchev–Trinajstić information content (AvgIpc) is 2.40. The number of carbonyl (C=O) groups is 1. The molecule has 0 radical (unpaired) electrons. The fraction of sp³-hybridized carbons (Fsp3) is 0.889. The van der Waals surface area contributed by atoms with E-state index in [1.54, 1.807) is 0 Å². The summed E-state index contributed by atoms with van der Waals surface area (Å²) in [6.07, 6.45) is 5.46. The van der Waals surface area contributed by atoms with Crippen LogP contribution in [0, 0.1) is 5.92 Å². The van der Waals surface area contributed by atoms with Gasteiger partial charge in [-0.25, -0.2) is 0 Å². The minimum absolute atomic E-state index is 0.373. The van der Waals surface area contributed by atoms with E-state index in [2.05, 4.69) is 5.32 Å². The summed E-state index contributed by atoms with van der Waals surface area (Å²) in [7, 11) is 0. The van der Waals surface area contributed by atoms with Crippen LogP contribution in [0.25, 0.3) is 0 Å². The van der Waals surface area contributed by atoms with E-state index < -0.39 is 0 Å². The Labute approximate surface area is 67.4 Å². The number of hydrogen-bond acceptors (Lipinski definition) is 2. The topological polar surface area (TPSA) is 29.1 Å². The third-order valence-electron chi connectivity index (χ3n) is 2.94. The minimum atomic E-state index is 0.373. The van der Waals surface area contributed by atoms with Gasteiger partial charge < -0.3 is 5.32 Å². The van der Waals surface area contributed by atoms with Gasteiger partial charge in [-0.1, -0.05) is 6.42 Å². The molecule has 1 aliphatic heterocycles. The van der Waals surface area contributed by atoms with Gasteiger partial charge in [-0.2, -0.15) is 0 Å². The second-order valence-corrected chi connectivity index (χ2v) is 3.67. The van der Waals surface area contributed by atoms with Crippen LogP contribution in [0.2, 0.25) is 0 Å². The summed E-state index contributed by atoms with van der Waals surface area (Å²) >= 11 is 0. The second-order valence-electron chi connectivity index (χ2n) is 3.67. The third kappa shape index (κ3) is 1.32. The summed E-state index contributed by atoms with van der Waals surface area (Å²) in [6, 6.07) is 0.532. The third-order valence-corrected chi connectivity index (χ3v) is 2.94. The number of nitrogens with one attached hydrogen (secondary N) is 1. The molecule has 11 heavy (non-hydrogen) atoms. The van der Waals surface area contributed by atoms with Gasteiger partial charge in [0.2, 0.25) is 0 Å². The lowest BCUT2D eigenvalue weighted by Gasteiger charge is -2.14. The first kappa shape index (κ1) is 7.29. The Morgan fingerprint density at radius 2 is 2.18 bits per heavy atom. The van der Waals surface area contributed by atoms with Crippen LogP contribution < -0.4 is 5.32 Å². The van der Waals surface area contributed by atoms with Crippen molar-refractivity contribution in [3.8, 4) is 0 Å². The number of hydrogen-bond donors (Lipinski definition) is 1. The van der Waals surface area contributed by atoms with Crippen LogP contribution in [0.5, 0.6) is 0 Å². The van der Waals surface area contributed by atoms with Gasteiger partial charge in [0.15, 0.2) is 0 Å². The van der Waals surface area contributed by atoms with Crippen molar-refractivity contribution < 1.29 is 4.79 Å². The zero-order valence-corrected chi connectivity index (χ0v) is 6.81. The molecule has 2 unspecified atom stereocenters. The van der Waals surface area contributed by atoms with E-state index in [9.17, 15) is 4.79 Å². The highest BCUT2D eigenvalue weighted by molar-refractivity contribution is 5.82. The van der Waals surface area contributed by atoms with Crippen LogP contribution in [0.15, 0.2) is 0 Å². The van der Waals surface area contributed by atoms with E-state index in [4.69, 9.17) is 0 Å². The van der Waals surface area contributed by atoms with Gasteiger partial charge in [0.1, 0.15) is 5.78 Å². The van der Waals surface area contributed by atoms with Crippen molar-refractivity contribution in [2.24, 2.45) is 5.92 Å². The van der Waals surface area contributed by atoms with E-state index in [0.717, 1.165) is 25.8 Å². The number of Topliss-reactive ketones (excluding diaryl/α,β-unsaturated/α-hetero) is 1. The summed E-state index contributed by atoms with van der Waals surface area (Å²) in [6.45, 7) is 1.05. The first-order valence-electron chi connectivity index (χ1n) is 4.64. The quantitative estimate of drug-likeness (QED) is 0.564. The van der Waals surface area contributed by atoms with E-state index >= 15 is 0 Å². The van der Waals surface area contributed by atoms with E-state index in [1.807, 2.05) is 0 Å².